The zero-order valence-electron chi connectivity index (χ0n) is 20.1. The number of anilines is 1. The average Bonchev–Trinajstić information content (AvgIpc) is 3.28. The fourth-order valence-electron chi connectivity index (χ4n) is 4.52. The van der Waals surface area contributed by atoms with Gasteiger partial charge in [0.05, 0.1) is 16.6 Å². The van der Waals surface area contributed by atoms with Crippen molar-refractivity contribution in [1.29, 1.82) is 0 Å². The number of aryl methyl sites for hydroxylation is 1. The first kappa shape index (κ1) is 25.6. The second kappa shape index (κ2) is 10.00. The van der Waals surface area contributed by atoms with Crippen LogP contribution < -0.4 is 16.1 Å². The molecular formula is C25H23BrCl2N6O3. The second-order valence-electron chi connectivity index (χ2n) is 8.91. The standard InChI is InChI=1S/C25H23BrCl2N6O3/c1-30-21-20(23(36)31(2)25(30)37)34(14-15-3-6-17(26)7-4-15)24(29-21)33-11-9-32(10-12-33)22(35)16-5-8-18(27)19(28)13-16/h3-8,13H,9-12,14H2,1-2H3. The molecule has 9 nitrogen and oxygen atoms in total. The normalized spacial score (nSPS) is 14.0. The number of hydrogen-bond donors (Lipinski definition) is 0. The minimum atomic E-state index is -0.436. The van der Waals surface area contributed by atoms with Crippen LogP contribution in [-0.2, 0) is 20.6 Å². The van der Waals surface area contributed by atoms with Gasteiger partial charge in [0.25, 0.3) is 11.5 Å². The molecule has 2 aromatic carbocycles. The van der Waals surface area contributed by atoms with Crippen molar-refractivity contribution in [3.05, 3.63) is 88.9 Å². The first-order valence-corrected chi connectivity index (χ1v) is 13.1. The van der Waals surface area contributed by atoms with Crippen molar-refractivity contribution >= 4 is 62.2 Å². The van der Waals surface area contributed by atoms with E-state index in [0.29, 0.717) is 65.4 Å². The topological polar surface area (TPSA) is 85.4 Å². The minimum Gasteiger partial charge on any atom is -0.339 e. The number of rotatable bonds is 4. The van der Waals surface area contributed by atoms with Crippen LogP contribution in [0.4, 0.5) is 5.95 Å². The van der Waals surface area contributed by atoms with E-state index in [9.17, 15) is 14.4 Å². The Labute approximate surface area is 230 Å². The van der Waals surface area contributed by atoms with Crippen molar-refractivity contribution in [2.45, 2.75) is 6.54 Å². The Balaban J connectivity index is 1.49. The van der Waals surface area contributed by atoms with Crippen LogP contribution in [0.25, 0.3) is 11.2 Å². The van der Waals surface area contributed by atoms with Gasteiger partial charge in [0.2, 0.25) is 5.95 Å². The summed E-state index contributed by atoms with van der Waals surface area (Å²) in [6, 6.07) is 12.7. The zero-order chi connectivity index (χ0) is 26.4. The molecule has 1 aliphatic heterocycles. The average molecular weight is 606 g/mol. The number of imidazole rings is 1. The Kier molecular flexibility index (Phi) is 6.91. The third kappa shape index (κ3) is 4.69. The molecule has 192 valence electrons. The molecular weight excluding hydrogens is 583 g/mol. The molecule has 3 heterocycles. The predicted octanol–water partition coefficient (Wildman–Crippen LogP) is 3.51. The molecule has 1 fully saturated rings. The maximum Gasteiger partial charge on any atom is 0.332 e. The Bertz CT molecular complexity index is 1640. The predicted molar refractivity (Wildman–Crippen MR) is 148 cm³/mol. The second-order valence-corrected chi connectivity index (χ2v) is 10.6. The van der Waals surface area contributed by atoms with E-state index in [1.54, 1.807) is 30.1 Å². The zero-order valence-corrected chi connectivity index (χ0v) is 23.2. The van der Waals surface area contributed by atoms with Gasteiger partial charge in [0.1, 0.15) is 0 Å². The van der Waals surface area contributed by atoms with Gasteiger partial charge in [0, 0.05) is 50.3 Å². The van der Waals surface area contributed by atoms with E-state index in [0.717, 1.165) is 14.6 Å². The Morgan fingerprint density at radius 2 is 1.62 bits per heavy atom. The number of hydrogen-bond acceptors (Lipinski definition) is 5. The molecule has 0 unspecified atom stereocenters. The highest BCUT2D eigenvalue weighted by Crippen LogP contribution is 2.26. The van der Waals surface area contributed by atoms with Crippen LogP contribution in [0.5, 0.6) is 0 Å². The first-order valence-electron chi connectivity index (χ1n) is 11.6. The fourth-order valence-corrected chi connectivity index (χ4v) is 5.08. The molecule has 4 aromatic rings. The molecule has 0 bridgehead atoms. The van der Waals surface area contributed by atoms with Crippen molar-refractivity contribution in [3.8, 4) is 0 Å². The molecule has 2 aromatic heterocycles. The molecule has 37 heavy (non-hydrogen) atoms. The highest BCUT2D eigenvalue weighted by molar-refractivity contribution is 9.10. The van der Waals surface area contributed by atoms with E-state index in [2.05, 4.69) is 15.9 Å². The summed E-state index contributed by atoms with van der Waals surface area (Å²) >= 11 is 15.6. The molecule has 0 aliphatic carbocycles. The summed E-state index contributed by atoms with van der Waals surface area (Å²) in [6.45, 7) is 2.32. The summed E-state index contributed by atoms with van der Waals surface area (Å²) in [6.07, 6.45) is 0. The number of aromatic nitrogens is 4. The molecule has 1 amide bonds. The molecule has 0 atom stereocenters. The van der Waals surface area contributed by atoms with Crippen molar-refractivity contribution in [2.75, 3.05) is 31.1 Å². The minimum absolute atomic E-state index is 0.127. The SMILES string of the molecule is Cn1c(=O)c2c(nc(N3CCN(C(=O)c4ccc(Cl)c(Cl)c4)CC3)n2Cc2ccc(Br)cc2)n(C)c1=O. The third-order valence-corrected chi connectivity index (χ3v) is 7.87. The van der Waals surface area contributed by atoms with Gasteiger partial charge in [-0.05, 0) is 35.9 Å². The summed E-state index contributed by atoms with van der Waals surface area (Å²) in [4.78, 5) is 47.4. The number of amides is 1. The van der Waals surface area contributed by atoms with E-state index in [1.165, 1.54) is 11.6 Å². The molecule has 0 N–H and O–H groups in total. The number of halogens is 3. The summed E-state index contributed by atoms with van der Waals surface area (Å²) in [5.41, 5.74) is 1.31. The van der Waals surface area contributed by atoms with E-state index in [1.807, 2.05) is 33.7 Å². The Morgan fingerprint density at radius 1 is 0.946 bits per heavy atom. The lowest BCUT2D eigenvalue weighted by atomic mass is 10.2. The smallest absolute Gasteiger partial charge is 0.332 e. The van der Waals surface area contributed by atoms with Gasteiger partial charge in [-0.3, -0.25) is 23.3 Å². The monoisotopic (exact) mass is 604 g/mol. The summed E-state index contributed by atoms with van der Waals surface area (Å²) in [5.74, 6) is 0.454. The van der Waals surface area contributed by atoms with E-state index >= 15 is 0 Å². The van der Waals surface area contributed by atoms with Gasteiger partial charge in [-0.25, -0.2) is 4.79 Å². The largest absolute Gasteiger partial charge is 0.339 e. The first-order chi connectivity index (χ1) is 17.7. The third-order valence-electron chi connectivity index (χ3n) is 6.60. The van der Waals surface area contributed by atoms with Gasteiger partial charge < -0.3 is 9.80 Å². The summed E-state index contributed by atoms with van der Waals surface area (Å²) in [7, 11) is 3.08. The Hall–Kier alpha value is -3.08. The summed E-state index contributed by atoms with van der Waals surface area (Å²) in [5, 5.41) is 0.730. The quantitative estimate of drug-likeness (QED) is 0.355. The van der Waals surface area contributed by atoms with Crippen LogP contribution >= 0.6 is 39.1 Å². The van der Waals surface area contributed by atoms with Crippen LogP contribution in [0.2, 0.25) is 10.0 Å². The number of fused-ring (bicyclic) bond motifs is 1. The van der Waals surface area contributed by atoms with Gasteiger partial charge in [-0.2, -0.15) is 4.98 Å². The maximum atomic E-state index is 13.2. The number of carbonyl (C=O) groups is 1. The van der Waals surface area contributed by atoms with Crippen molar-refractivity contribution in [2.24, 2.45) is 14.1 Å². The number of nitrogens with zero attached hydrogens (tertiary/aromatic N) is 6. The lowest BCUT2D eigenvalue weighted by molar-refractivity contribution is 0.0746. The van der Waals surface area contributed by atoms with Gasteiger partial charge in [-0.15, -0.1) is 0 Å². The van der Waals surface area contributed by atoms with Crippen molar-refractivity contribution in [1.82, 2.24) is 23.6 Å². The number of benzene rings is 2. The molecule has 1 saturated heterocycles. The van der Waals surface area contributed by atoms with Crippen molar-refractivity contribution in [3.63, 3.8) is 0 Å². The molecule has 5 rings (SSSR count). The molecule has 0 saturated carbocycles. The van der Waals surface area contributed by atoms with Crippen LogP contribution in [0.3, 0.4) is 0 Å². The maximum absolute atomic E-state index is 13.2. The summed E-state index contributed by atoms with van der Waals surface area (Å²) < 4.78 is 5.30. The lowest BCUT2D eigenvalue weighted by Crippen LogP contribution is -2.49. The van der Waals surface area contributed by atoms with E-state index < -0.39 is 11.2 Å². The van der Waals surface area contributed by atoms with Gasteiger partial charge in [-0.1, -0.05) is 51.3 Å². The van der Waals surface area contributed by atoms with Gasteiger partial charge >= 0.3 is 5.69 Å². The van der Waals surface area contributed by atoms with Crippen molar-refractivity contribution < 1.29 is 4.79 Å². The molecule has 0 spiro atoms. The highest BCUT2D eigenvalue weighted by Gasteiger charge is 2.28. The molecule has 12 heteroatoms. The molecule has 1 aliphatic rings. The van der Waals surface area contributed by atoms with Crippen LogP contribution in [0, 0.1) is 0 Å². The van der Waals surface area contributed by atoms with Crippen LogP contribution in [-0.4, -0.2) is 55.7 Å². The van der Waals surface area contributed by atoms with Crippen LogP contribution in [0.15, 0.2) is 56.5 Å². The molecule has 0 radical (unpaired) electrons. The van der Waals surface area contributed by atoms with Crippen LogP contribution in [0.1, 0.15) is 15.9 Å². The van der Waals surface area contributed by atoms with E-state index in [4.69, 9.17) is 28.2 Å². The van der Waals surface area contributed by atoms with Gasteiger partial charge in [0.15, 0.2) is 11.2 Å². The lowest BCUT2D eigenvalue weighted by Gasteiger charge is -2.35. The Morgan fingerprint density at radius 3 is 2.27 bits per heavy atom. The fraction of sp³-hybridized carbons (Fsp3) is 0.280. The highest BCUT2D eigenvalue weighted by atomic mass is 79.9. The number of carbonyl (C=O) groups excluding carboxylic acids is 1. The van der Waals surface area contributed by atoms with E-state index in [-0.39, 0.29) is 5.91 Å². The number of piperazine rings is 1.